The number of rotatable bonds is 6. The number of pyridine rings is 1. The summed E-state index contributed by atoms with van der Waals surface area (Å²) in [7, 11) is 0. The zero-order valence-corrected chi connectivity index (χ0v) is 14.5. The normalized spacial score (nSPS) is 19.8. The van der Waals surface area contributed by atoms with Crippen molar-refractivity contribution < 1.29 is 9.53 Å². The van der Waals surface area contributed by atoms with Gasteiger partial charge in [0.2, 0.25) is 11.8 Å². The standard InChI is InChI=1S/C19H24N4O2/c1-13(2)25-19-15(9-6-10-20-19)12-21-18(24)17-11-16(22-23-17)14-7-4-3-5-8-14/h3-10,13,16-17,22-23H,11-12H2,1-2H3,(H,21,24). The van der Waals surface area contributed by atoms with Gasteiger partial charge in [-0.3, -0.25) is 4.79 Å². The third-order valence-corrected chi connectivity index (χ3v) is 4.07. The number of amides is 1. The van der Waals surface area contributed by atoms with E-state index in [-0.39, 0.29) is 24.1 Å². The molecule has 2 heterocycles. The lowest BCUT2D eigenvalue weighted by molar-refractivity contribution is -0.123. The van der Waals surface area contributed by atoms with Crippen LogP contribution in [0.2, 0.25) is 0 Å². The molecule has 0 spiro atoms. The first-order chi connectivity index (χ1) is 12.1. The maximum atomic E-state index is 12.5. The third-order valence-electron chi connectivity index (χ3n) is 4.07. The number of ether oxygens (including phenoxy) is 1. The van der Waals surface area contributed by atoms with E-state index in [1.807, 2.05) is 44.2 Å². The van der Waals surface area contributed by atoms with Gasteiger partial charge < -0.3 is 10.1 Å². The van der Waals surface area contributed by atoms with Crippen LogP contribution in [0.1, 0.15) is 37.4 Å². The van der Waals surface area contributed by atoms with Crippen LogP contribution in [-0.4, -0.2) is 23.0 Å². The molecule has 1 aromatic heterocycles. The fourth-order valence-corrected chi connectivity index (χ4v) is 2.83. The Morgan fingerprint density at radius 3 is 2.80 bits per heavy atom. The van der Waals surface area contributed by atoms with Gasteiger partial charge in [-0.2, -0.15) is 0 Å². The molecule has 1 amide bonds. The minimum Gasteiger partial charge on any atom is -0.475 e. The Kier molecular flexibility index (Phi) is 5.63. The maximum absolute atomic E-state index is 12.5. The predicted molar refractivity (Wildman–Crippen MR) is 95.7 cm³/mol. The molecule has 2 atom stereocenters. The Labute approximate surface area is 148 Å². The number of benzene rings is 1. The van der Waals surface area contributed by atoms with Crippen LogP contribution >= 0.6 is 0 Å². The summed E-state index contributed by atoms with van der Waals surface area (Å²) in [5.74, 6) is 0.530. The van der Waals surface area contributed by atoms with E-state index in [1.165, 1.54) is 5.56 Å². The monoisotopic (exact) mass is 340 g/mol. The number of hydrazine groups is 1. The average molecular weight is 340 g/mol. The topological polar surface area (TPSA) is 75.3 Å². The zero-order valence-electron chi connectivity index (χ0n) is 14.5. The molecule has 1 aromatic carbocycles. The average Bonchev–Trinajstić information content (AvgIpc) is 3.11. The van der Waals surface area contributed by atoms with E-state index >= 15 is 0 Å². The summed E-state index contributed by atoms with van der Waals surface area (Å²) in [5, 5.41) is 2.97. The largest absolute Gasteiger partial charge is 0.475 e. The van der Waals surface area contributed by atoms with Crippen molar-refractivity contribution in [1.29, 1.82) is 0 Å². The molecule has 3 N–H and O–H groups in total. The molecule has 1 saturated heterocycles. The number of nitrogens with zero attached hydrogens (tertiary/aromatic N) is 1. The number of carbonyl (C=O) groups excluding carboxylic acids is 1. The van der Waals surface area contributed by atoms with E-state index in [1.54, 1.807) is 6.20 Å². The Morgan fingerprint density at radius 2 is 2.04 bits per heavy atom. The first-order valence-corrected chi connectivity index (χ1v) is 8.57. The number of carbonyl (C=O) groups is 1. The SMILES string of the molecule is CC(C)Oc1ncccc1CNC(=O)C1CC(c2ccccc2)NN1. The van der Waals surface area contributed by atoms with E-state index in [4.69, 9.17) is 4.74 Å². The van der Waals surface area contributed by atoms with Crippen molar-refractivity contribution in [3.8, 4) is 5.88 Å². The van der Waals surface area contributed by atoms with Gasteiger partial charge in [0, 0.05) is 24.3 Å². The molecule has 132 valence electrons. The minimum atomic E-state index is -0.267. The van der Waals surface area contributed by atoms with Crippen molar-refractivity contribution in [2.45, 2.75) is 45.0 Å². The summed E-state index contributed by atoms with van der Waals surface area (Å²) >= 11 is 0. The predicted octanol–water partition coefficient (Wildman–Crippen LogP) is 2.09. The second-order valence-corrected chi connectivity index (χ2v) is 6.39. The van der Waals surface area contributed by atoms with Gasteiger partial charge in [0.15, 0.2) is 0 Å². The molecule has 0 aliphatic carbocycles. The van der Waals surface area contributed by atoms with E-state index in [9.17, 15) is 4.79 Å². The van der Waals surface area contributed by atoms with Gasteiger partial charge in [0.25, 0.3) is 0 Å². The molecule has 0 radical (unpaired) electrons. The minimum absolute atomic E-state index is 0.0368. The molecule has 0 bridgehead atoms. The molecule has 25 heavy (non-hydrogen) atoms. The van der Waals surface area contributed by atoms with Crippen molar-refractivity contribution >= 4 is 5.91 Å². The third kappa shape index (κ3) is 4.55. The van der Waals surface area contributed by atoms with Crippen LogP contribution in [-0.2, 0) is 11.3 Å². The van der Waals surface area contributed by atoms with Crippen LogP contribution in [0.3, 0.4) is 0 Å². The van der Waals surface area contributed by atoms with Crippen molar-refractivity contribution in [2.24, 2.45) is 0 Å². The molecule has 2 aromatic rings. The first-order valence-electron chi connectivity index (χ1n) is 8.57. The van der Waals surface area contributed by atoms with Crippen LogP contribution in [0, 0.1) is 0 Å². The number of hydrogen-bond acceptors (Lipinski definition) is 5. The molecular weight excluding hydrogens is 316 g/mol. The summed E-state index contributed by atoms with van der Waals surface area (Å²) in [6.45, 7) is 4.30. The number of aromatic nitrogens is 1. The summed E-state index contributed by atoms with van der Waals surface area (Å²) in [6.07, 6.45) is 2.44. The van der Waals surface area contributed by atoms with Crippen LogP contribution < -0.4 is 20.9 Å². The molecule has 1 fully saturated rings. The smallest absolute Gasteiger partial charge is 0.238 e. The molecular formula is C19H24N4O2. The highest BCUT2D eigenvalue weighted by Gasteiger charge is 2.29. The van der Waals surface area contributed by atoms with Crippen LogP contribution in [0.15, 0.2) is 48.7 Å². The molecule has 1 aliphatic heterocycles. The second-order valence-electron chi connectivity index (χ2n) is 6.39. The Bertz CT molecular complexity index is 706. The first kappa shape index (κ1) is 17.4. The number of nitrogens with one attached hydrogen (secondary N) is 3. The highest BCUT2D eigenvalue weighted by Crippen LogP contribution is 2.22. The van der Waals surface area contributed by atoms with Crippen molar-refractivity contribution in [1.82, 2.24) is 21.2 Å². The number of hydrogen-bond donors (Lipinski definition) is 3. The second kappa shape index (κ2) is 8.09. The van der Waals surface area contributed by atoms with E-state index in [2.05, 4.69) is 33.3 Å². The molecule has 1 aliphatic rings. The van der Waals surface area contributed by atoms with Gasteiger partial charge in [-0.05, 0) is 31.9 Å². The summed E-state index contributed by atoms with van der Waals surface area (Å²) in [6, 6.07) is 13.7. The maximum Gasteiger partial charge on any atom is 0.238 e. The van der Waals surface area contributed by atoms with Crippen molar-refractivity contribution in [2.75, 3.05) is 0 Å². The van der Waals surface area contributed by atoms with Crippen LogP contribution in [0.4, 0.5) is 0 Å². The molecule has 2 unspecified atom stereocenters. The zero-order chi connectivity index (χ0) is 17.6. The molecule has 3 rings (SSSR count). The lowest BCUT2D eigenvalue weighted by atomic mass is 10.0. The Morgan fingerprint density at radius 1 is 1.24 bits per heavy atom. The lowest BCUT2D eigenvalue weighted by Crippen LogP contribution is -2.42. The van der Waals surface area contributed by atoms with Gasteiger partial charge in [0.1, 0.15) is 6.04 Å². The van der Waals surface area contributed by atoms with E-state index < -0.39 is 0 Å². The lowest BCUT2D eigenvalue weighted by Gasteiger charge is -2.14. The molecule has 6 heteroatoms. The Hall–Kier alpha value is -2.44. The van der Waals surface area contributed by atoms with Crippen molar-refractivity contribution in [3.05, 3.63) is 59.8 Å². The van der Waals surface area contributed by atoms with E-state index in [0.717, 1.165) is 5.56 Å². The quantitative estimate of drug-likeness (QED) is 0.751. The van der Waals surface area contributed by atoms with Gasteiger partial charge in [0.05, 0.1) is 6.10 Å². The van der Waals surface area contributed by atoms with Crippen molar-refractivity contribution in [3.63, 3.8) is 0 Å². The summed E-state index contributed by atoms with van der Waals surface area (Å²) < 4.78 is 5.69. The summed E-state index contributed by atoms with van der Waals surface area (Å²) in [5.41, 5.74) is 8.31. The molecule has 6 nitrogen and oxygen atoms in total. The fourth-order valence-electron chi connectivity index (χ4n) is 2.83. The van der Waals surface area contributed by atoms with Gasteiger partial charge in [-0.25, -0.2) is 15.8 Å². The molecule has 0 saturated carbocycles. The van der Waals surface area contributed by atoms with Gasteiger partial charge >= 0.3 is 0 Å². The van der Waals surface area contributed by atoms with Crippen LogP contribution in [0.5, 0.6) is 5.88 Å². The van der Waals surface area contributed by atoms with E-state index in [0.29, 0.717) is 18.8 Å². The highest BCUT2D eigenvalue weighted by molar-refractivity contribution is 5.82. The summed E-state index contributed by atoms with van der Waals surface area (Å²) in [4.78, 5) is 16.7. The van der Waals surface area contributed by atoms with Crippen LogP contribution in [0.25, 0.3) is 0 Å². The fraction of sp³-hybridized carbons (Fsp3) is 0.368. The van der Waals surface area contributed by atoms with Gasteiger partial charge in [-0.15, -0.1) is 0 Å². The highest BCUT2D eigenvalue weighted by atomic mass is 16.5. The van der Waals surface area contributed by atoms with Gasteiger partial charge in [-0.1, -0.05) is 36.4 Å². The Balaban J connectivity index is 1.55.